The van der Waals surface area contributed by atoms with Gasteiger partial charge in [0.1, 0.15) is 0 Å². The molecule has 0 aromatic carbocycles. The van der Waals surface area contributed by atoms with Gasteiger partial charge in [0.15, 0.2) is 0 Å². The van der Waals surface area contributed by atoms with E-state index in [1.165, 1.54) is 20.6 Å². The Balaban J connectivity index is 2.03. The molecule has 0 saturated carbocycles. The van der Waals surface area contributed by atoms with Crippen LogP contribution in [0.25, 0.3) is 0 Å². The molecule has 0 unspecified atom stereocenters. The third-order valence-electron chi connectivity index (χ3n) is 2.25. The molecule has 0 amide bonds. The van der Waals surface area contributed by atoms with Gasteiger partial charge in [0, 0.05) is 17.8 Å². The molecule has 92 valence electrons. The Kier molecular flexibility index (Phi) is 7.28. The van der Waals surface area contributed by atoms with E-state index in [0.29, 0.717) is 0 Å². The van der Waals surface area contributed by atoms with E-state index in [0.717, 1.165) is 32.7 Å². The van der Waals surface area contributed by atoms with Crippen molar-refractivity contribution >= 4 is 27.3 Å². The quantitative estimate of drug-likeness (QED) is 0.744. The summed E-state index contributed by atoms with van der Waals surface area (Å²) in [5, 5.41) is 3.32. The van der Waals surface area contributed by atoms with Crippen LogP contribution in [0, 0.1) is 6.92 Å². The minimum Gasteiger partial charge on any atom is -0.380 e. The van der Waals surface area contributed by atoms with Crippen molar-refractivity contribution < 1.29 is 4.74 Å². The van der Waals surface area contributed by atoms with E-state index in [2.05, 4.69) is 41.2 Å². The van der Waals surface area contributed by atoms with Crippen LogP contribution in [0.3, 0.4) is 0 Å². The second-order valence-corrected chi connectivity index (χ2v) is 6.24. The average Bonchev–Trinajstić information content (AvgIpc) is 2.57. The van der Waals surface area contributed by atoms with Gasteiger partial charge in [-0.3, -0.25) is 0 Å². The minimum absolute atomic E-state index is 0.811. The second kappa shape index (κ2) is 8.23. The van der Waals surface area contributed by atoms with Crippen LogP contribution in [-0.2, 0) is 11.2 Å². The normalized spacial score (nSPS) is 10.9. The number of rotatable bonds is 8. The molecule has 0 aliphatic heterocycles. The van der Waals surface area contributed by atoms with Crippen molar-refractivity contribution in [1.29, 1.82) is 0 Å². The number of nitrogens with one attached hydrogen (secondary N) is 1. The van der Waals surface area contributed by atoms with E-state index in [9.17, 15) is 0 Å². The van der Waals surface area contributed by atoms with Crippen molar-refractivity contribution in [3.63, 3.8) is 0 Å². The molecule has 1 rings (SSSR count). The van der Waals surface area contributed by atoms with Crippen LogP contribution in [0.1, 0.15) is 23.8 Å². The zero-order chi connectivity index (χ0) is 11.8. The van der Waals surface area contributed by atoms with Gasteiger partial charge in [-0.15, -0.1) is 11.3 Å². The highest BCUT2D eigenvalue weighted by atomic mass is 79.9. The number of halogens is 1. The lowest BCUT2D eigenvalue weighted by Gasteiger charge is -2.04. The third-order valence-corrected chi connectivity index (χ3v) is 4.45. The van der Waals surface area contributed by atoms with Crippen molar-refractivity contribution in [2.45, 2.75) is 26.7 Å². The molecule has 2 nitrogen and oxygen atoms in total. The standard InChI is InChI=1S/C12H20BrNOS/c1-3-5-14-6-8-15-7-4-11-9-10(2)12(13)16-11/h9,14H,3-8H2,1-2H3. The molecule has 16 heavy (non-hydrogen) atoms. The summed E-state index contributed by atoms with van der Waals surface area (Å²) in [6.45, 7) is 7.97. The van der Waals surface area contributed by atoms with Gasteiger partial charge in [0.05, 0.1) is 17.0 Å². The van der Waals surface area contributed by atoms with Crippen LogP contribution < -0.4 is 5.32 Å². The van der Waals surface area contributed by atoms with E-state index in [4.69, 9.17) is 4.74 Å². The Labute approximate surface area is 111 Å². The Morgan fingerprint density at radius 2 is 2.19 bits per heavy atom. The third kappa shape index (κ3) is 5.43. The van der Waals surface area contributed by atoms with E-state index >= 15 is 0 Å². The molecular weight excluding hydrogens is 286 g/mol. The van der Waals surface area contributed by atoms with Crippen LogP contribution in [0.15, 0.2) is 9.85 Å². The molecule has 1 aromatic rings. The highest BCUT2D eigenvalue weighted by Crippen LogP contribution is 2.27. The molecule has 0 bridgehead atoms. The zero-order valence-corrected chi connectivity index (χ0v) is 12.4. The van der Waals surface area contributed by atoms with Crippen LogP contribution in [0.4, 0.5) is 0 Å². The molecule has 0 fully saturated rings. The lowest BCUT2D eigenvalue weighted by atomic mass is 10.3. The molecule has 0 radical (unpaired) electrons. The van der Waals surface area contributed by atoms with Gasteiger partial charge < -0.3 is 10.1 Å². The number of hydrogen-bond acceptors (Lipinski definition) is 3. The van der Waals surface area contributed by atoms with Crippen LogP contribution in [0.5, 0.6) is 0 Å². The van der Waals surface area contributed by atoms with Crippen LogP contribution in [0.2, 0.25) is 0 Å². The van der Waals surface area contributed by atoms with Gasteiger partial charge >= 0.3 is 0 Å². The highest BCUT2D eigenvalue weighted by Gasteiger charge is 2.02. The molecule has 0 spiro atoms. The molecule has 1 N–H and O–H groups in total. The van der Waals surface area contributed by atoms with Gasteiger partial charge in [-0.05, 0) is 47.4 Å². The number of aryl methyl sites for hydroxylation is 1. The molecule has 0 aliphatic carbocycles. The first-order valence-corrected chi connectivity index (χ1v) is 7.38. The fourth-order valence-electron chi connectivity index (χ4n) is 1.37. The van der Waals surface area contributed by atoms with Crippen molar-refractivity contribution in [2.75, 3.05) is 26.3 Å². The minimum atomic E-state index is 0.811. The SMILES string of the molecule is CCCNCCOCCc1cc(C)c(Br)s1. The first-order valence-electron chi connectivity index (χ1n) is 5.77. The summed E-state index contributed by atoms with van der Waals surface area (Å²) >= 11 is 5.34. The Hall–Kier alpha value is 0.1000. The summed E-state index contributed by atoms with van der Waals surface area (Å²) in [5.74, 6) is 0. The fourth-order valence-corrected chi connectivity index (χ4v) is 2.98. The van der Waals surface area contributed by atoms with Crippen LogP contribution >= 0.6 is 27.3 Å². The van der Waals surface area contributed by atoms with Crippen molar-refractivity contribution in [2.24, 2.45) is 0 Å². The van der Waals surface area contributed by atoms with E-state index in [1.54, 1.807) is 0 Å². The lowest BCUT2D eigenvalue weighted by Crippen LogP contribution is -2.20. The summed E-state index contributed by atoms with van der Waals surface area (Å²) in [7, 11) is 0. The lowest BCUT2D eigenvalue weighted by molar-refractivity contribution is 0.139. The second-order valence-electron chi connectivity index (χ2n) is 3.78. The first kappa shape index (κ1) is 14.2. The molecule has 0 atom stereocenters. The van der Waals surface area contributed by atoms with E-state index in [1.807, 2.05) is 11.3 Å². The zero-order valence-electron chi connectivity index (χ0n) is 10.0. The Bertz CT molecular complexity index is 282. The van der Waals surface area contributed by atoms with Gasteiger partial charge in [-0.2, -0.15) is 0 Å². The molecule has 4 heteroatoms. The smallest absolute Gasteiger partial charge is 0.0730 e. The van der Waals surface area contributed by atoms with Gasteiger partial charge in [0.2, 0.25) is 0 Å². The summed E-state index contributed by atoms with van der Waals surface area (Å²) < 4.78 is 6.80. The fraction of sp³-hybridized carbons (Fsp3) is 0.667. The molecule has 0 aliphatic rings. The molecule has 1 heterocycles. The van der Waals surface area contributed by atoms with Gasteiger partial charge in [-0.25, -0.2) is 0 Å². The summed E-state index contributed by atoms with van der Waals surface area (Å²) in [6, 6.07) is 2.23. The summed E-state index contributed by atoms with van der Waals surface area (Å²) in [6.07, 6.45) is 2.20. The van der Waals surface area contributed by atoms with Gasteiger partial charge in [-0.1, -0.05) is 6.92 Å². The maximum absolute atomic E-state index is 5.56. The largest absolute Gasteiger partial charge is 0.380 e. The van der Waals surface area contributed by atoms with Gasteiger partial charge in [0.25, 0.3) is 0 Å². The number of hydrogen-bond donors (Lipinski definition) is 1. The predicted molar refractivity (Wildman–Crippen MR) is 74.4 cm³/mol. The Morgan fingerprint density at radius 3 is 2.81 bits per heavy atom. The van der Waals surface area contributed by atoms with Crippen molar-refractivity contribution in [3.8, 4) is 0 Å². The number of thiophene rings is 1. The summed E-state index contributed by atoms with van der Waals surface area (Å²) in [4.78, 5) is 1.39. The average molecular weight is 306 g/mol. The number of ether oxygens (including phenoxy) is 1. The predicted octanol–water partition coefficient (Wildman–Crippen LogP) is 3.38. The maximum Gasteiger partial charge on any atom is 0.0730 e. The molecular formula is C12H20BrNOS. The summed E-state index contributed by atoms with van der Waals surface area (Å²) in [5.41, 5.74) is 1.32. The topological polar surface area (TPSA) is 21.3 Å². The monoisotopic (exact) mass is 305 g/mol. The molecule has 1 aromatic heterocycles. The van der Waals surface area contributed by atoms with Crippen LogP contribution in [-0.4, -0.2) is 26.3 Å². The first-order chi connectivity index (χ1) is 7.74. The highest BCUT2D eigenvalue weighted by molar-refractivity contribution is 9.11. The van der Waals surface area contributed by atoms with E-state index in [-0.39, 0.29) is 0 Å². The molecule has 0 saturated heterocycles. The Morgan fingerprint density at radius 1 is 1.38 bits per heavy atom. The van der Waals surface area contributed by atoms with E-state index < -0.39 is 0 Å². The van der Waals surface area contributed by atoms with Crippen molar-refractivity contribution in [1.82, 2.24) is 5.32 Å². The maximum atomic E-state index is 5.56. The van der Waals surface area contributed by atoms with Crippen molar-refractivity contribution in [3.05, 3.63) is 20.3 Å².